The molecular formula is C25H35F2N3O3S. The number of nitrogens with zero attached hydrogens (tertiary/aromatic N) is 1. The second kappa shape index (κ2) is 12.9. The third-order valence-electron chi connectivity index (χ3n) is 5.46. The number of carbonyl (C=O) groups is 2. The smallest absolute Gasteiger partial charge is 0.248 e. The van der Waals surface area contributed by atoms with Gasteiger partial charge in [0.05, 0.1) is 5.60 Å². The number of aryl methyl sites for hydroxylation is 1. The standard InChI is InChI=1S/C25H35F2N3O3S/c1-5-7-20(29-22(31)10-9-17-12-18(26)14-19(27)13-17)23(32)30-24-28-15-21(34-24)16(2)8-6-11-25(3,4)33/h12-16,20,33H,5-11H2,1-4H3,(H,29,31)(H,28,30,32)/t16?,20-/m0/s1. The zero-order valence-corrected chi connectivity index (χ0v) is 21.1. The number of halogens is 2. The van der Waals surface area contributed by atoms with E-state index in [2.05, 4.69) is 22.5 Å². The Labute approximate surface area is 204 Å². The fraction of sp³-hybridized carbons (Fsp3) is 0.560. The predicted octanol–water partition coefficient (Wildman–Crippen LogP) is 5.32. The van der Waals surface area contributed by atoms with Crippen LogP contribution in [0.15, 0.2) is 24.4 Å². The minimum Gasteiger partial charge on any atom is -0.390 e. The molecule has 1 aromatic heterocycles. The molecule has 2 atom stereocenters. The van der Waals surface area contributed by atoms with E-state index in [1.54, 1.807) is 20.0 Å². The molecule has 9 heteroatoms. The molecule has 0 radical (unpaired) electrons. The average Bonchev–Trinajstić information content (AvgIpc) is 3.19. The molecule has 188 valence electrons. The largest absolute Gasteiger partial charge is 0.390 e. The minimum atomic E-state index is -0.724. The SMILES string of the molecule is CCC[C@H](NC(=O)CCc1cc(F)cc(F)c1)C(=O)Nc1ncc(C(C)CCCC(C)(C)O)s1. The van der Waals surface area contributed by atoms with Crippen LogP contribution >= 0.6 is 11.3 Å². The van der Waals surface area contributed by atoms with Crippen molar-refractivity contribution in [2.75, 3.05) is 5.32 Å². The number of nitrogens with one attached hydrogen (secondary N) is 2. The van der Waals surface area contributed by atoms with Gasteiger partial charge in [0.1, 0.15) is 17.7 Å². The van der Waals surface area contributed by atoms with Crippen LogP contribution in [0.5, 0.6) is 0 Å². The van der Waals surface area contributed by atoms with Gasteiger partial charge in [0.2, 0.25) is 11.8 Å². The van der Waals surface area contributed by atoms with E-state index in [1.807, 2.05) is 6.92 Å². The van der Waals surface area contributed by atoms with Crippen molar-refractivity contribution < 1.29 is 23.5 Å². The van der Waals surface area contributed by atoms with Crippen molar-refractivity contribution in [3.05, 3.63) is 46.5 Å². The second-order valence-electron chi connectivity index (χ2n) is 9.35. The molecule has 1 heterocycles. The second-order valence-corrected chi connectivity index (χ2v) is 10.4. The first-order valence-corrected chi connectivity index (χ1v) is 12.5. The van der Waals surface area contributed by atoms with E-state index in [0.29, 0.717) is 30.0 Å². The lowest BCUT2D eigenvalue weighted by Crippen LogP contribution is -2.43. The minimum absolute atomic E-state index is 0.0138. The number of hydrogen-bond donors (Lipinski definition) is 3. The molecule has 6 nitrogen and oxygen atoms in total. The van der Waals surface area contributed by atoms with Crippen molar-refractivity contribution in [3.63, 3.8) is 0 Å². The van der Waals surface area contributed by atoms with Gasteiger partial charge in [-0.15, -0.1) is 11.3 Å². The molecule has 34 heavy (non-hydrogen) atoms. The lowest BCUT2D eigenvalue weighted by molar-refractivity contribution is -0.126. The van der Waals surface area contributed by atoms with Crippen LogP contribution in [0.1, 0.15) is 82.6 Å². The number of carbonyl (C=O) groups excluding carboxylic acids is 2. The molecule has 1 unspecified atom stereocenters. The summed E-state index contributed by atoms with van der Waals surface area (Å²) < 4.78 is 26.7. The van der Waals surface area contributed by atoms with Gasteiger partial charge in [0.25, 0.3) is 0 Å². The Morgan fingerprint density at radius 2 is 1.85 bits per heavy atom. The van der Waals surface area contributed by atoms with Gasteiger partial charge in [-0.05, 0) is 69.6 Å². The van der Waals surface area contributed by atoms with Crippen LogP contribution in [0.2, 0.25) is 0 Å². The van der Waals surface area contributed by atoms with Crippen molar-refractivity contribution in [2.24, 2.45) is 0 Å². The fourth-order valence-electron chi connectivity index (χ4n) is 3.58. The third-order valence-corrected chi connectivity index (χ3v) is 6.60. The molecule has 0 aliphatic rings. The van der Waals surface area contributed by atoms with Gasteiger partial charge in [-0.25, -0.2) is 13.8 Å². The molecule has 2 aromatic rings. The molecule has 0 bridgehead atoms. The van der Waals surface area contributed by atoms with Crippen LogP contribution in [0, 0.1) is 11.6 Å². The topological polar surface area (TPSA) is 91.3 Å². The van der Waals surface area contributed by atoms with E-state index in [0.717, 1.165) is 23.8 Å². The van der Waals surface area contributed by atoms with Crippen LogP contribution < -0.4 is 10.6 Å². The van der Waals surface area contributed by atoms with Crippen molar-refractivity contribution >= 4 is 28.3 Å². The molecule has 1 aromatic carbocycles. The van der Waals surface area contributed by atoms with Gasteiger partial charge < -0.3 is 15.7 Å². The van der Waals surface area contributed by atoms with Crippen molar-refractivity contribution in [1.29, 1.82) is 0 Å². The number of benzene rings is 1. The number of anilines is 1. The number of thiazole rings is 1. The van der Waals surface area contributed by atoms with Crippen molar-refractivity contribution in [3.8, 4) is 0 Å². The van der Waals surface area contributed by atoms with Crippen LogP contribution in [-0.4, -0.2) is 33.5 Å². The van der Waals surface area contributed by atoms with E-state index in [1.165, 1.54) is 23.5 Å². The van der Waals surface area contributed by atoms with Gasteiger partial charge in [-0.1, -0.05) is 20.3 Å². The number of amides is 2. The summed E-state index contributed by atoms with van der Waals surface area (Å²) in [5.41, 5.74) is -0.296. The van der Waals surface area contributed by atoms with Gasteiger partial charge in [-0.2, -0.15) is 0 Å². The number of aliphatic hydroxyl groups is 1. The first kappa shape index (κ1) is 27.9. The highest BCUT2D eigenvalue weighted by molar-refractivity contribution is 7.15. The first-order valence-electron chi connectivity index (χ1n) is 11.7. The third kappa shape index (κ3) is 9.85. The summed E-state index contributed by atoms with van der Waals surface area (Å²) in [5.74, 6) is -1.83. The maximum atomic E-state index is 13.3. The highest BCUT2D eigenvalue weighted by Crippen LogP contribution is 2.30. The first-order chi connectivity index (χ1) is 16.0. The Hall–Kier alpha value is -2.39. The maximum absolute atomic E-state index is 13.3. The van der Waals surface area contributed by atoms with E-state index in [-0.39, 0.29) is 30.6 Å². The molecular weight excluding hydrogens is 460 g/mol. The fourth-order valence-corrected chi connectivity index (χ4v) is 4.49. The molecule has 2 rings (SSSR count). The molecule has 0 spiro atoms. The summed E-state index contributed by atoms with van der Waals surface area (Å²) in [4.78, 5) is 30.5. The van der Waals surface area contributed by atoms with E-state index in [4.69, 9.17) is 0 Å². The van der Waals surface area contributed by atoms with Crippen molar-refractivity contribution in [1.82, 2.24) is 10.3 Å². The Kier molecular flexibility index (Phi) is 10.6. The number of hydrogen-bond acceptors (Lipinski definition) is 5. The zero-order chi connectivity index (χ0) is 25.3. The summed E-state index contributed by atoms with van der Waals surface area (Å²) in [6.07, 6.45) is 5.59. The van der Waals surface area contributed by atoms with Crippen molar-refractivity contribution in [2.45, 2.75) is 90.2 Å². The highest BCUT2D eigenvalue weighted by Gasteiger charge is 2.22. The van der Waals surface area contributed by atoms with Crippen LogP contribution in [-0.2, 0) is 16.0 Å². The molecule has 0 aliphatic heterocycles. The Morgan fingerprint density at radius 3 is 2.47 bits per heavy atom. The molecule has 0 saturated heterocycles. The summed E-state index contributed by atoms with van der Waals surface area (Å²) in [5, 5.41) is 15.8. The predicted molar refractivity (Wildman–Crippen MR) is 131 cm³/mol. The van der Waals surface area contributed by atoms with Gasteiger partial charge >= 0.3 is 0 Å². The molecule has 0 saturated carbocycles. The quantitative estimate of drug-likeness (QED) is 0.351. The highest BCUT2D eigenvalue weighted by atomic mass is 32.1. The lowest BCUT2D eigenvalue weighted by atomic mass is 9.96. The Balaban J connectivity index is 1.88. The summed E-state index contributed by atoms with van der Waals surface area (Å²) in [6.45, 7) is 7.60. The van der Waals surface area contributed by atoms with E-state index >= 15 is 0 Å². The number of aromatic nitrogens is 1. The molecule has 0 fully saturated rings. The maximum Gasteiger partial charge on any atom is 0.248 e. The van der Waals surface area contributed by atoms with Gasteiger partial charge in [-0.3, -0.25) is 9.59 Å². The molecule has 3 N–H and O–H groups in total. The normalized spacial score (nSPS) is 13.4. The zero-order valence-electron chi connectivity index (χ0n) is 20.3. The average molecular weight is 496 g/mol. The summed E-state index contributed by atoms with van der Waals surface area (Å²) in [7, 11) is 0. The molecule has 2 amide bonds. The van der Waals surface area contributed by atoms with Gasteiger partial charge in [0.15, 0.2) is 5.13 Å². The monoisotopic (exact) mass is 495 g/mol. The van der Waals surface area contributed by atoms with E-state index in [9.17, 15) is 23.5 Å². The lowest BCUT2D eigenvalue weighted by Gasteiger charge is -2.18. The Bertz CT molecular complexity index is 939. The van der Waals surface area contributed by atoms with Crippen LogP contribution in [0.3, 0.4) is 0 Å². The van der Waals surface area contributed by atoms with Crippen LogP contribution in [0.4, 0.5) is 13.9 Å². The Morgan fingerprint density at radius 1 is 1.18 bits per heavy atom. The molecule has 0 aliphatic carbocycles. The van der Waals surface area contributed by atoms with E-state index < -0.39 is 23.3 Å². The number of rotatable bonds is 13. The summed E-state index contributed by atoms with van der Waals surface area (Å²) >= 11 is 1.40. The summed E-state index contributed by atoms with van der Waals surface area (Å²) in [6, 6.07) is 2.45. The van der Waals surface area contributed by atoms with Gasteiger partial charge in [0, 0.05) is 23.6 Å². The van der Waals surface area contributed by atoms with Crippen LogP contribution in [0.25, 0.3) is 0 Å².